The number of amides is 1. The lowest BCUT2D eigenvalue weighted by Gasteiger charge is -2.26. The number of hydrogen-bond acceptors (Lipinski definition) is 2. The van der Waals surface area contributed by atoms with Crippen LogP contribution in [0.4, 0.5) is 0 Å². The van der Waals surface area contributed by atoms with E-state index in [4.69, 9.17) is 5.73 Å². The van der Waals surface area contributed by atoms with Gasteiger partial charge in [-0.3, -0.25) is 4.79 Å². The van der Waals surface area contributed by atoms with Crippen LogP contribution in [0.1, 0.15) is 37.0 Å². The third-order valence-corrected chi connectivity index (χ3v) is 3.39. The van der Waals surface area contributed by atoms with Crippen molar-refractivity contribution in [2.24, 2.45) is 5.73 Å². The van der Waals surface area contributed by atoms with Crippen molar-refractivity contribution in [1.29, 1.82) is 0 Å². The summed E-state index contributed by atoms with van der Waals surface area (Å²) in [4.78, 5) is 11.5. The van der Waals surface area contributed by atoms with Crippen molar-refractivity contribution in [1.82, 2.24) is 5.32 Å². The smallest absolute Gasteiger partial charge is 0.221 e. The highest BCUT2D eigenvalue weighted by molar-refractivity contribution is 5.76. The van der Waals surface area contributed by atoms with Gasteiger partial charge in [0.2, 0.25) is 5.91 Å². The number of carbonyl (C=O) groups is 1. The molecule has 0 saturated heterocycles. The highest BCUT2D eigenvalue weighted by Crippen LogP contribution is 2.24. The van der Waals surface area contributed by atoms with Gasteiger partial charge < -0.3 is 11.1 Å². The van der Waals surface area contributed by atoms with Gasteiger partial charge in [0.1, 0.15) is 0 Å². The van der Waals surface area contributed by atoms with Crippen LogP contribution in [-0.2, 0) is 10.2 Å². The number of rotatable bonds is 5. The van der Waals surface area contributed by atoms with Crippen LogP contribution >= 0.6 is 0 Å². The van der Waals surface area contributed by atoms with Crippen LogP contribution in [0.3, 0.4) is 0 Å². The summed E-state index contributed by atoms with van der Waals surface area (Å²) in [5.74, 6) is 0.0226. The number of aryl methyl sites for hydroxylation is 2. The van der Waals surface area contributed by atoms with Gasteiger partial charge in [-0.15, -0.1) is 0 Å². The Bertz CT molecular complexity index is 425. The number of hydrogen-bond donors (Lipinski definition) is 2. The standard InChI is InChI=1S/C15H24N2O/c1-11-5-6-13(9-12(11)2)15(3,4)10-17-14(18)7-8-16/h5-6,9H,7-8,10,16H2,1-4H3,(H,17,18). The van der Waals surface area contributed by atoms with Crippen molar-refractivity contribution in [2.75, 3.05) is 13.1 Å². The Kier molecular flexibility index (Phi) is 4.91. The molecule has 0 saturated carbocycles. The Labute approximate surface area is 110 Å². The van der Waals surface area contributed by atoms with Gasteiger partial charge in [0, 0.05) is 24.9 Å². The minimum Gasteiger partial charge on any atom is -0.355 e. The fraction of sp³-hybridized carbons (Fsp3) is 0.533. The molecule has 1 rings (SSSR count). The zero-order valence-electron chi connectivity index (χ0n) is 11.8. The molecule has 18 heavy (non-hydrogen) atoms. The molecule has 3 heteroatoms. The van der Waals surface area contributed by atoms with Crippen molar-refractivity contribution in [2.45, 2.75) is 39.5 Å². The Morgan fingerprint density at radius 2 is 1.94 bits per heavy atom. The van der Waals surface area contributed by atoms with Crippen LogP contribution in [0, 0.1) is 13.8 Å². The summed E-state index contributed by atoms with van der Waals surface area (Å²) < 4.78 is 0. The molecule has 3 N–H and O–H groups in total. The molecule has 0 fully saturated rings. The third-order valence-electron chi connectivity index (χ3n) is 3.39. The van der Waals surface area contributed by atoms with E-state index >= 15 is 0 Å². The minimum absolute atomic E-state index is 0.0226. The van der Waals surface area contributed by atoms with Gasteiger partial charge in [-0.2, -0.15) is 0 Å². The van der Waals surface area contributed by atoms with Crippen molar-refractivity contribution in [3.05, 3.63) is 34.9 Å². The fourth-order valence-corrected chi connectivity index (χ4v) is 1.80. The molecule has 0 radical (unpaired) electrons. The van der Waals surface area contributed by atoms with Crippen LogP contribution in [0.5, 0.6) is 0 Å². The van der Waals surface area contributed by atoms with E-state index in [1.807, 2.05) is 0 Å². The van der Waals surface area contributed by atoms with Crippen molar-refractivity contribution in [3.63, 3.8) is 0 Å². The van der Waals surface area contributed by atoms with E-state index in [9.17, 15) is 4.79 Å². The maximum atomic E-state index is 11.5. The second-order valence-corrected chi connectivity index (χ2v) is 5.50. The predicted molar refractivity (Wildman–Crippen MR) is 75.6 cm³/mol. The van der Waals surface area contributed by atoms with E-state index in [0.29, 0.717) is 19.5 Å². The molecule has 1 aromatic carbocycles. The first-order valence-corrected chi connectivity index (χ1v) is 6.41. The van der Waals surface area contributed by atoms with E-state index in [0.717, 1.165) is 0 Å². The lowest BCUT2D eigenvalue weighted by atomic mass is 9.83. The summed E-state index contributed by atoms with van der Waals surface area (Å²) in [6.45, 7) is 9.53. The SMILES string of the molecule is Cc1ccc(C(C)(C)CNC(=O)CCN)cc1C. The minimum atomic E-state index is -0.0667. The Morgan fingerprint density at radius 3 is 2.50 bits per heavy atom. The lowest BCUT2D eigenvalue weighted by Crippen LogP contribution is -2.37. The molecule has 3 nitrogen and oxygen atoms in total. The van der Waals surface area contributed by atoms with E-state index in [-0.39, 0.29) is 11.3 Å². The molecule has 0 aliphatic heterocycles. The molecule has 0 aliphatic rings. The average Bonchev–Trinajstić information content (AvgIpc) is 2.30. The van der Waals surface area contributed by atoms with Gasteiger partial charge in [0.15, 0.2) is 0 Å². The van der Waals surface area contributed by atoms with Gasteiger partial charge in [-0.1, -0.05) is 32.0 Å². The second-order valence-electron chi connectivity index (χ2n) is 5.50. The zero-order chi connectivity index (χ0) is 13.8. The molecule has 0 heterocycles. The first-order valence-electron chi connectivity index (χ1n) is 6.41. The lowest BCUT2D eigenvalue weighted by molar-refractivity contribution is -0.121. The topological polar surface area (TPSA) is 55.1 Å². The number of nitrogens with two attached hydrogens (primary N) is 1. The molecular weight excluding hydrogens is 224 g/mol. The highest BCUT2D eigenvalue weighted by Gasteiger charge is 2.21. The number of nitrogens with one attached hydrogen (secondary N) is 1. The van der Waals surface area contributed by atoms with Crippen LogP contribution in [-0.4, -0.2) is 19.0 Å². The summed E-state index contributed by atoms with van der Waals surface area (Å²) in [6, 6.07) is 6.47. The molecule has 0 unspecified atom stereocenters. The zero-order valence-corrected chi connectivity index (χ0v) is 11.8. The van der Waals surface area contributed by atoms with Gasteiger partial charge in [0.25, 0.3) is 0 Å². The summed E-state index contributed by atoms with van der Waals surface area (Å²) in [6.07, 6.45) is 0.392. The van der Waals surface area contributed by atoms with E-state index in [2.05, 4.69) is 51.2 Å². The van der Waals surface area contributed by atoms with Gasteiger partial charge in [-0.05, 0) is 30.5 Å². The first-order chi connectivity index (χ1) is 8.36. The van der Waals surface area contributed by atoms with E-state index < -0.39 is 0 Å². The number of benzene rings is 1. The maximum Gasteiger partial charge on any atom is 0.221 e. The maximum absolute atomic E-state index is 11.5. The highest BCUT2D eigenvalue weighted by atomic mass is 16.1. The van der Waals surface area contributed by atoms with Crippen LogP contribution in [0.15, 0.2) is 18.2 Å². The van der Waals surface area contributed by atoms with Crippen LogP contribution in [0.25, 0.3) is 0 Å². The summed E-state index contributed by atoms with van der Waals surface area (Å²) in [5.41, 5.74) is 9.12. The monoisotopic (exact) mass is 248 g/mol. The van der Waals surface area contributed by atoms with Crippen molar-refractivity contribution in [3.8, 4) is 0 Å². The van der Waals surface area contributed by atoms with Crippen molar-refractivity contribution >= 4 is 5.91 Å². The molecular formula is C15H24N2O. The average molecular weight is 248 g/mol. The fourth-order valence-electron chi connectivity index (χ4n) is 1.80. The molecule has 1 aromatic rings. The Hall–Kier alpha value is -1.35. The molecule has 0 aromatic heterocycles. The van der Waals surface area contributed by atoms with Gasteiger partial charge in [0.05, 0.1) is 0 Å². The van der Waals surface area contributed by atoms with Gasteiger partial charge >= 0.3 is 0 Å². The molecule has 0 aliphatic carbocycles. The normalized spacial score (nSPS) is 11.4. The third kappa shape index (κ3) is 3.84. The molecule has 1 amide bonds. The van der Waals surface area contributed by atoms with Crippen molar-refractivity contribution < 1.29 is 4.79 Å². The molecule has 0 atom stereocenters. The van der Waals surface area contributed by atoms with Crippen LogP contribution in [0.2, 0.25) is 0 Å². The Balaban J connectivity index is 2.73. The summed E-state index contributed by atoms with van der Waals surface area (Å²) >= 11 is 0. The van der Waals surface area contributed by atoms with E-state index in [1.165, 1.54) is 16.7 Å². The molecule has 0 bridgehead atoms. The molecule has 100 valence electrons. The predicted octanol–water partition coefficient (Wildman–Crippen LogP) is 2.05. The summed E-state index contributed by atoms with van der Waals surface area (Å²) in [7, 11) is 0. The largest absolute Gasteiger partial charge is 0.355 e. The quantitative estimate of drug-likeness (QED) is 0.838. The van der Waals surface area contributed by atoms with Crippen LogP contribution < -0.4 is 11.1 Å². The summed E-state index contributed by atoms with van der Waals surface area (Å²) in [5, 5.41) is 2.94. The molecule has 0 spiro atoms. The number of carbonyl (C=O) groups excluding carboxylic acids is 1. The second kappa shape index (κ2) is 6.01. The van der Waals surface area contributed by atoms with Gasteiger partial charge in [-0.25, -0.2) is 0 Å². The first kappa shape index (κ1) is 14.7. The van der Waals surface area contributed by atoms with E-state index in [1.54, 1.807) is 0 Å². The Morgan fingerprint density at radius 1 is 1.28 bits per heavy atom.